The smallest absolute Gasteiger partial charge is 0.0593 e. The van der Waals surface area contributed by atoms with Gasteiger partial charge in [0.25, 0.3) is 0 Å². The highest BCUT2D eigenvalue weighted by Gasteiger charge is 2.27. The highest BCUT2D eigenvalue weighted by Crippen LogP contribution is 2.33. The molecule has 0 saturated carbocycles. The van der Waals surface area contributed by atoms with Crippen molar-refractivity contribution in [2.45, 2.75) is 52.1 Å². The second-order valence-corrected chi connectivity index (χ2v) is 6.79. The highest BCUT2D eigenvalue weighted by atomic mass is 32.1. The number of nitrogens with two attached hydrogens (primary N) is 1. The Balaban J connectivity index is 2.17. The maximum absolute atomic E-state index is 6.28. The summed E-state index contributed by atoms with van der Waals surface area (Å²) in [5.74, 6) is 0.869. The summed E-state index contributed by atoms with van der Waals surface area (Å²) in [4.78, 5) is 4.09. The van der Waals surface area contributed by atoms with Gasteiger partial charge in [-0.15, -0.1) is 11.3 Å². The van der Waals surface area contributed by atoms with Crippen LogP contribution in [0.1, 0.15) is 49.6 Å². The van der Waals surface area contributed by atoms with Crippen molar-refractivity contribution in [1.82, 2.24) is 4.90 Å². The molecule has 2 N–H and O–H groups in total. The van der Waals surface area contributed by atoms with Gasteiger partial charge in [0.2, 0.25) is 0 Å². The molecule has 1 fully saturated rings. The van der Waals surface area contributed by atoms with E-state index in [0.717, 1.165) is 5.92 Å². The second kappa shape index (κ2) is 6.18. The highest BCUT2D eigenvalue weighted by molar-refractivity contribution is 7.10. The quantitative estimate of drug-likeness (QED) is 0.906. The molecule has 3 atom stereocenters. The third-order valence-corrected chi connectivity index (χ3v) is 5.20. The van der Waals surface area contributed by atoms with E-state index in [0.29, 0.717) is 6.04 Å². The van der Waals surface area contributed by atoms with E-state index in [4.69, 9.17) is 5.73 Å². The fraction of sp³-hybridized carbons (Fsp3) is 0.733. The van der Waals surface area contributed by atoms with Gasteiger partial charge < -0.3 is 5.73 Å². The van der Waals surface area contributed by atoms with Crippen LogP contribution in [0, 0.1) is 12.8 Å². The monoisotopic (exact) mass is 266 g/mol. The molecule has 102 valence electrons. The first kappa shape index (κ1) is 14.0. The number of hydrogen-bond donors (Lipinski definition) is 1. The molecule has 0 aliphatic carbocycles. The zero-order chi connectivity index (χ0) is 13.1. The fourth-order valence-electron chi connectivity index (χ4n) is 2.99. The van der Waals surface area contributed by atoms with Gasteiger partial charge in [-0.3, -0.25) is 4.90 Å². The molecule has 0 radical (unpaired) electrons. The Kier molecular flexibility index (Phi) is 4.82. The molecule has 0 spiro atoms. The van der Waals surface area contributed by atoms with Crippen molar-refractivity contribution in [2.75, 3.05) is 13.1 Å². The van der Waals surface area contributed by atoms with Crippen LogP contribution < -0.4 is 5.73 Å². The largest absolute Gasteiger partial charge is 0.326 e. The van der Waals surface area contributed by atoms with E-state index in [2.05, 4.69) is 37.1 Å². The summed E-state index contributed by atoms with van der Waals surface area (Å²) in [7, 11) is 0. The summed E-state index contributed by atoms with van der Waals surface area (Å²) in [5.41, 5.74) is 7.68. The molecule has 3 heteroatoms. The lowest BCUT2D eigenvalue weighted by Crippen LogP contribution is -2.40. The first-order valence-corrected chi connectivity index (χ1v) is 8.01. The van der Waals surface area contributed by atoms with Crippen molar-refractivity contribution in [3.63, 3.8) is 0 Å². The molecule has 1 aliphatic heterocycles. The van der Waals surface area contributed by atoms with Gasteiger partial charge in [0.05, 0.1) is 6.04 Å². The summed E-state index contributed by atoms with van der Waals surface area (Å²) in [6, 6.07) is 2.83. The van der Waals surface area contributed by atoms with Gasteiger partial charge in [-0.1, -0.05) is 6.92 Å². The summed E-state index contributed by atoms with van der Waals surface area (Å²) < 4.78 is 0. The van der Waals surface area contributed by atoms with Gasteiger partial charge in [-0.2, -0.15) is 0 Å². The molecular weight excluding hydrogens is 240 g/mol. The van der Waals surface area contributed by atoms with Crippen molar-refractivity contribution < 1.29 is 0 Å². The van der Waals surface area contributed by atoms with Gasteiger partial charge >= 0.3 is 0 Å². The molecule has 3 unspecified atom stereocenters. The average molecular weight is 266 g/mol. The van der Waals surface area contributed by atoms with Crippen molar-refractivity contribution in [3.8, 4) is 0 Å². The van der Waals surface area contributed by atoms with Crippen LogP contribution in [0.15, 0.2) is 11.4 Å². The molecule has 0 aromatic carbocycles. The van der Waals surface area contributed by atoms with E-state index < -0.39 is 0 Å². The van der Waals surface area contributed by atoms with E-state index in [1.165, 1.54) is 42.8 Å². The van der Waals surface area contributed by atoms with Gasteiger partial charge in [0, 0.05) is 10.9 Å². The van der Waals surface area contributed by atoms with E-state index in [1.807, 2.05) is 11.3 Å². The molecule has 18 heavy (non-hydrogen) atoms. The second-order valence-electron chi connectivity index (χ2n) is 5.84. The number of nitrogens with zero attached hydrogens (tertiary/aromatic N) is 1. The Morgan fingerprint density at radius 3 is 2.78 bits per heavy atom. The minimum absolute atomic E-state index is 0.204. The lowest BCUT2D eigenvalue weighted by atomic mass is 10.0. The Labute approximate surface area is 115 Å². The van der Waals surface area contributed by atoms with Gasteiger partial charge in [-0.25, -0.2) is 0 Å². The van der Waals surface area contributed by atoms with Crippen molar-refractivity contribution in [2.24, 2.45) is 11.7 Å². The number of rotatable bonds is 3. The van der Waals surface area contributed by atoms with Crippen molar-refractivity contribution >= 4 is 11.3 Å². The fourth-order valence-corrected chi connectivity index (χ4v) is 4.16. The van der Waals surface area contributed by atoms with E-state index in [-0.39, 0.29) is 6.04 Å². The lowest BCUT2D eigenvalue weighted by Gasteiger charge is -2.33. The van der Waals surface area contributed by atoms with Crippen LogP contribution in [-0.2, 0) is 0 Å². The van der Waals surface area contributed by atoms with Crippen LogP contribution in [0.5, 0.6) is 0 Å². The Morgan fingerprint density at radius 1 is 1.39 bits per heavy atom. The molecule has 2 heterocycles. The third-order valence-electron chi connectivity index (χ3n) is 4.11. The molecular formula is C15H26N2S. The van der Waals surface area contributed by atoms with Crippen LogP contribution in [0.2, 0.25) is 0 Å². The van der Waals surface area contributed by atoms with Gasteiger partial charge in [0.15, 0.2) is 0 Å². The Bertz CT molecular complexity index is 372. The molecule has 0 bridgehead atoms. The Morgan fingerprint density at radius 2 is 2.17 bits per heavy atom. The molecule has 1 aliphatic rings. The van der Waals surface area contributed by atoms with Crippen molar-refractivity contribution in [3.05, 3.63) is 21.9 Å². The normalized spacial score (nSPS) is 25.7. The maximum Gasteiger partial charge on any atom is 0.0593 e. The molecule has 1 aromatic rings. The predicted molar refractivity (Wildman–Crippen MR) is 80.0 cm³/mol. The number of aryl methyl sites for hydroxylation is 1. The Hall–Kier alpha value is -0.380. The predicted octanol–water partition coefficient (Wildman–Crippen LogP) is 3.57. The molecule has 1 saturated heterocycles. The van der Waals surface area contributed by atoms with Crippen LogP contribution in [0.25, 0.3) is 0 Å². The zero-order valence-electron chi connectivity index (χ0n) is 11.9. The first-order chi connectivity index (χ1) is 8.59. The summed E-state index contributed by atoms with van der Waals surface area (Å²) in [5, 5.41) is 2.19. The lowest BCUT2D eigenvalue weighted by molar-refractivity contribution is 0.184. The third kappa shape index (κ3) is 3.14. The average Bonchev–Trinajstić information content (AvgIpc) is 2.59. The van der Waals surface area contributed by atoms with Crippen LogP contribution >= 0.6 is 11.3 Å². The summed E-state index contributed by atoms with van der Waals surface area (Å²) in [6.07, 6.45) is 3.99. The molecule has 0 amide bonds. The minimum Gasteiger partial charge on any atom is -0.326 e. The van der Waals surface area contributed by atoms with E-state index >= 15 is 0 Å². The van der Waals surface area contributed by atoms with E-state index in [9.17, 15) is 0 Å². The van der Waals surface area contributed by atoms with Gasteiger partial charge in [0.1, 0.15) is 0 Å². The standard InChI is InChI=1S/C15H26N2S/c1-11-5-4-8-17(9-6-11)14(13(3)16)15-12(2)7-10-18-15/h7,10-11,13-14H,4-6,8-9,16H2,1-3H3. The van der Waals surface area contributed by atoms with Crippen LogP contribution in [0.4, 0.5) is 0 Å². The SMILES string of the molecule is Cc1ccsc1C(C(C)N)N1CCCC(C)CC1. The maximum atomic E-state index is 6.28. The number of thiophene rings is 1. The zero-order valence-corrected chi connectivity index (χ0v) is 12.7. The molecule has 2 rings (SSSR count). The summed E-state index contributed by atoms with van der Waals surface area (Å²) in [6.45, 7) is 9.14. The number of hydrogen-bond acceptors (Lipinski definition) is 3. The summed E-state index contributed by atoms with van der Waals surface area (Å²) >= 11 is 1.87. The van der Waals surface area contributed by atoms with Crippen LogP contribution in [0.3, 0.4) is 0 Å². The number of likely N-dealkylation sites (tertiary alicyclic amines) is 1. The van der Waals surface area contributed by atoms with E-state index in [1.54, 1.807) is 0 Å². The van der Waals surface area contributed by atoms with Gasteiger partial charge in [-0.05, 0) is 69.1 Å². The molecule has 1 aromatic heterocycles. The molecule has 2 nitrogen and oxygen atoms in total. The topological polar surface area (TPSA) is 29.3 Å². The first-order valence-electron chi connectivity index (χ1n) is 7.13. The van der Waals surface area contributed by atoms with Crippen molar-refractivity contribution in [1.29, 1.82) is 0 Å². The van der Waals surface area contributed by atoms with Crippen LogP contribution in [-0.4, -0.2) is 24.0 Å². The minimum atomic E-state index is 0.204.